The fourth-order valence-electron chi connectivity index (χ4n) is 0.209. The van der Waals surface area contributed by atoms with Crippen LogP contribution >= 0.6 is 0 Å². The molecule has 5 nitrogen and oxygen atoms in total. The van der Waals surface area contributed by atoms with Gasteiger partial charge in [-0.05, 0) is 0 Å². The van der Waals surface area contributed by atoms with Crippen LogP contribution in [0.15, 0.2) is 0 Å². The van der Waals surface area contributed by atoms with Crippen LogP contribution in [0.25, 0.3) is 0 Å². The lowest BCUT2D eigenvalue weighted by Crippen LogP contribution is -2.29. The maximum Gasteiger partial charge on any atom is 0.321 e. The van der Waals surface area contributed by atoms with E-state index in [1.165, 1.54) is 6.92 Å². The van der Waals surface area contributed by atoms with Gasteiger partial charge in [0.1, 0.15) is 6.54 Å². The summed E-state index contributed by atoms with van der Waals surface area (Å²) in [7, 11) is 0. The van der Waals surface area contributed by atoms with Gasteiger partial charge < -0.3 is 10.6 Å². The lowest BCUT2D eigenvalue weighted by molar-refractivity contribution is -0.148. The summed E-state index contributed by atoms with van der Waals surface area (Å²) in [5, 5.41) is 0. The maximum absolute atomic E-state index is 9.99. The largest absolute Gasteiger partial charge is 0.371 e. The summed E-state index contributed by atoms with van der Waals surface area (Å²) in [4.78, 5) is 24.1. The van der Waals surface area contributed by atoms with Gasteiger partial charge in [0.05, 0.1) is 0 Å². The van der Waals surface area contributed by atoms with E-state index in [0.717, 1.165) is 0 Å². The van der Waals surface area contributed by atoms with E-state index in [-0.39, 0.29) is 6.54 Å². The molecule has 0 fully saturated rings. The molecule has 0 aliphatic heterocycles. The summed E-state index contributed by atoms with van der Waals surface area (Å²) in [6, 6.07) is 0. The van der Waals surface area contributed by atoms with Crippen LogP contribution in [-0.2, 0) is 14.4 Å². The molecule has 1 amide bonds. The fraction of sp³-hybridized carbons (Fsp3) is 0.500. The van der Waals surface area contributed by atoms with Crippen molar-refractivity contribution < 1.29 is 14.4 Å². The van der Waals surface area contributed by atoms with Crippen LogP contribution in [-0.4, -0.2) is 18.4 Å². The smallest absolute Gasteiger partial charge is 0.321 e. The van der Waals surface area contributed by atoms with Crippen molar-refractivity contribution in [2.24, 2.45) is 5.73 Å². The van der Waals surface area contributed by atoms with Crippen molar-refractivity contribution in [2.45, 2.75) is 6.92 Å². The first-order valence-corrected chi connectivity index (χ1v) is 2.31. The Labute approximate surface area is 52.1 Å². The molecular formula is C4H8N2O3. The highest BCUT2D eigenvalue weighted by Gasteiger charge is 1.93. The Balaban J connectivity index is 3.10. The Hall–Kier alpha value is -1.10. The van der Waals surface area contributed by atoms with Gasteiger partial charge in [-0.15, -0.1) is 5.48 Å². The molecule has 0 aromatic carbocycles. The normalized spacial score (nSPS) is 8.56. The van der Waals surface area contributed by atoms with Crippen LogP contribution in [0.2, 0.25) is 0 Å². The van der Waals surface area contributed by atoms with Gasteiger partial charge >= 0.3 is 5.97 Å². The second-order valence-corrected chi connectivity index (χ2v) is 1.38. The summed E-state index contributed by atoms with van der Waals surface area (Å²) in [6.07, 6.45) is 0. The number of hydrogen-bond acceptors (Lipinski definition) is 4. The molecule has 0 heterocycles. The third-order valence-electron chi connectivity index (χ3n) is 0.462. The summed E-state index contributed by atoms with van der Waals surface area (Å²) in [5.41, 5.74) is 6.75. The van der Waals surface area contributed by atoms with E-state index >= 15 is 0 Å². The molecule has 0 radical (unpaired) electrons. The van der Waals surface area contributed by atoms with Crippen molar-refractivity contribution in [3.63, 3.8) is 0 Å². The number of carbonyl (C=O) groups excluding carboxylic acids is 2. The highest BCUT2D eigenvalue weighted by Crippen LogP contribution is 1.65. The number of nitrogens with two attached hydrogens (primary N) is 1. The number of rotatable bonds is 3. The van der Waals surface area contributed by atoms with Crippen molar-refractivity contribution in [1.82, 2.24) is 5.48 Å². The summed E-state index contributed by atoms with van der Waals surface area (Å²) < 4.78 is 0. The Kier molecular flexibility index (Phi) is 3.38. The minimum absolute atomic E-state index is 0.153. The van der Waals surface area contributed by atoms with Crippen LogP contribution in [0.3, 0.4) is 0 Å². The van der Waals surface area contributed by atoms with Crippen LogP contribution < -0.4 is 11.2 Å². The molecule has 52 valence electrons. The molecule has 0 saturated carbocycles. The molecule has 0 atom stereocenters. The lowest BCUT2D eigenvalue weighted by Gasteiger charge is -1.97. The average molecular weight is 132 g/mol. The predicted octanol–water partition coefficient (Wildman–Crippen LogP) is -1.46. The first kappa shape index (κ1) is 7.90. The topological polar surface area (TPSA) is 81.4 Å². The van der Waals surface area contributed by atoms with E-state index in [0.29, 0.717) is 0 Å². The standard InChI is InChI=1S/C4H8N2O3/c1-3(7)9-6-2-4(5)8/h6H,2H2,1H3,(H2,5,8). The first-order valence-electron chi connectivity index (χ1n) is 2.31. The number of nitrogens with one attached hydrogen (secondary N) is 1. The Bertz CT molecular complexity index is 109. The molecule has 0 aromatic rings. The van der Waals surface area contributed by atoms with Gasteiger partial charge in [0.2, 0.25) is 5.91 Å². The Morgan fingerprint density at radius 2 is 2.22 bits per heavy atom. The van der Waals surface area contributed by atoms with Gasteiger partial charge in [0.25, 0.3) is 0 Å². The van der Waals surface area contributed by atoms with Gasteiger partial charge in [-0.3, -0.25) is 9.59 Å². The summed E-state index contributed by atoms with van der Waals surface area (Å²) in [6.45, 7) is 1.06. The zero-order chi connectivity index (χ0) is 7.28. The first-order chi connectivity index (χ1) is 4.13. The van der Waals surface area contributed by atoms with Crippen molar-refractivity contribution in [3.8, 4) is 0 Å². The van der Waals surface area contributed by atoms with E-state index in [1.807, 2.05) is 0 Å². The van der Waals surface area contributed by atoms with E-state index in [1.54, 1.807) is 0 Å². The molecule has 9 heavy (non-hydrogen) atoms. The third kappa shape index (κ3) is 6.90. The molecule has 0 bridgehead atoms. The molecular weight excluding hydrogens is 124 g/mol. The minimum atomic E-state index is -0.573. The molecule has 5 heteroatoms. The lowest BCUT2D eigenvalue weighted by atomic mass is 10.7. The van der Waals surface area contributed by atoms with E-state index < -0.39 is 11.9 Å². The van der Waals surface area contributed by atoms with Crippen molar-refractivity contribution in [3.05, 3.63) is 0 Å². The molecule has 3 N–H and O–H groups in total. The fourth-order valence-corrected chi connectivity index (χ4v) is 0.209. The molecule has 0 aliphatic carbocycles. The zero-order valence-corrected chi connectivity index (χ0v) is 5.01. The predicted molar refractivity (Wildman–Crippen MR) is 29.0 cm³/mol. The second-order valence-electron chi connectivity index (χ2n) is 1.38. The zero-order valence-electron chi connectivity index (χ0n) is 5.01. The number of hydrogen-bond donors (Lipinski definition) is 2. The van der Waals surface area contributed by atoms with Crippen LogP contribution in [0.1, 0.15) is 6.92 Å². The molecule has 0 unspecified atom stereocenters. The Morgan fingerprint density at radius 3 is 2.56 bits per heavy atom. The molecule has 0 saturated heterocycles. The second kappa shape index (κ2) is 3.85. The number of hydroxylamine groups is 1. The number of carbonyl (C=O) groups is 2. The molecule has 0 aromatic heterocycles. The van der Waals surface area contributed by atoms with Gasteiger partial charge in [-0.1, -0.05) is 0 Å². The summed E-state index contributed by atoms with van der Waals surface area (Å²) >= 11 is 0. The van der Waals surface area contributed by atoms with Crippen molar-refractivity contribution in [2.75, 3.05) is 6.54 Å². The third-order valence-corrected chi connectivity index (χ3v) is 0.462. The van der Waals surface area contributed by atoms with Crippen molar-refractivity contribution in [1.29, 1.82) is 0 Å². The monoisotopic (exact) mass is 132 g/mol. The number of amides is 1. The molecule has 0 aliphatic rings. The maximum atomic E-state index is 9.99. The van der Waals surface area contributed by atoms with Crippen LogP contribution in [0.5, 0.6) is 0 Å². The van der Waals surface area contributed by atoms with Crippen LogP contribution in [0.4, 0.5) is 0 Å². The number of primary amides is 1. The Morgan fingerprint density at radius 1 is 1.67 bits per heavy atom. The SMILES string of the molecule is CC(=O)ONCC(N)=O. The molecule has 0 spiro atoms. The van der Waals surface area contributed by atoms with E-state index in [2.05, 4.69) is 16.1 Å². The van der Waals surface area contributed by atoms with Gasteiger partial charge in [0.15, 0.2) is 0 Å². The quantitative estimate of drug-likeness (QED) is 0.460. The van der Waals surface area contributed by atoms with Gasteiger partial charge in [-0.25, -0.2) is 0 Å². The van der Waals surface area contributed by atoms with Gasteiger partial charge in [-0.2, -0.15) is 0 Å². The van der Waals surface area contributed by atoms with Gasteiger partial charge in [0, 0.05) is 6.92 Å². The highest BCUT2D eigenvalue weighted by molar-refractivity contribution is 5.76. The summed E-state index contributed by atoms with van der Waals surface area (Å²) in [5.74, 6) is -1.08. The highest BCUT2D eigenvalue weighted by atomic mass is 16.7. The van der Waals surface area contributed by atoms with E-state index in [9.17, 15) is 9.59 Å². The van der Waals surface area contributed by atoms with Crippen LogP contribution in [0, 0.1) is 0 Å². The molecule has 0 rings (SSSR count). The average Bonchev–Trinajstić information content (AvgIpc) is 1.63. The minimum Gasteiger partial charge on any atom is -0.371 e. The van der Waals surface area contributed by atoms with E-state index in [4.69, 9.17) is 0 Å². The van der Waals surface area contributed by atoms with Crippen molar-refractivity contribution >= 4 is 11.9 Å².